The molecule has 0 aliphatic heterocycles. The van der Waals surface area contributed by atoms with E-state index in [0.29, 0.717) is 16.9 Å². The van der Waals surface area contributed by atoms with Crippen LogP contribution in [-0.2, 0) is 4.74 Å². The van der Waals surface area contributed by atoms with Crippen LogP contribution in [0.1, 0.15) is 25.3 Å². The van der Waals surface area contributed by atoms with Crippen molar-refractivity contribution in [3.05, 3.63) is 11.1 Å². The van der Waals surface area contributed by atoms with Crippen molar-refractivity contribution < 1.29 is 4.74 Å². The van der Waals surface area contributed by atoms with E-state index in [1.807, 2.05) is 4.57 Å². The fourth-order valence-electron chi connectivity index (χ4n) is 1.99. The molecule has 2 rings (SSSR count). The maximum atomic E-state index is 5.39. The van der Waals surface area contributed by atoms with Gasteiger partial charge in [-0.05, 0) is 31.5 Å². The number of ether oxygens (including phenoxy) is 1. The first-order valence-electron chi connectivity index (χ1n) is 4.47. The minimum absolute atomic E-state index is 0.296. The molecule has 1 aromatic heterocycles. The minimum atomic E-state index is 0.296. The molecule has 1 aliphatic carbocycles. The zero-order valence-corrected chi connectivity index (χ0v) is 8.38. The fourth-order valence-corrected chi connectivity index (χ4v) is 2.23. The second-order valence-corrected chi connectivity index (χ2v) is 3.73. The van der Waals surface area contributed by atoms with E-state index < -0.39 is 0 Å². The van der Waals surface area contributed by atoms with Gasteiger partial charge in [0, 0.05) is 7.11 Å². The number of hydrogen-bond donors (Lipinski definition) is 1. The summed E-state index contributed by atoms with van der Waals surface area (Å²) < 4.78 is 8.08. The molecule has 2 atom stereocenters. The predicted octanol–water partition coefficient (Wildman–Crippen LogP) is 1.68. The van der Waals surface area contributed by atoms with Gasteiger partial charge < -0.3 is 9.30 Å². The van der Waals surface area contributed by atoms with Gasteiger partial charge in [0.2, 0.25) is 0 Å². The molecule has 1 fully saturated rings. The Morgan fingerprint density at radius 3 is 3.15 bits per heavy atom. The molecule has 0 amide bonds. The monoisotopic (exact) mass is 199 g/mol. The molecule has 0 saturated heterocycles. The summed E-state index contributed by atoms with van der Waals surface area (Å²) in [7, 11) is 1.76. The molecule has 13 heavy (non-hydrogen) atoms. The van der Waals surface area contributed by atoms with Crippen LogP contribution in [0.3, 0.4) is 0 Å². The third kappa shape index (κ3) is 1.53. The molecule has 0 aromatic carbocycles. The molecule has 1 N–H and O–H groups in total. The highest BCUT2D eigenvalue weighted by atomic mass is 32.1. The van der Waals surface area contributed by atoms with Crippen LogP contribution in [0.25, 0.3) is 0 Å². The third-order valence-corrected chi connectivity index (χ3v) is 2.96. The second kappa shape index (κ2) is 3.59. The summed E-state index contributed by atoms with van der Waals surface area (Å²) in [5.41, 5.74) is 0. The lowest BCUT2D eigenvalue weighted by molar-refractivity contribution is 0.0744. The molecule has 4 nitrogen and oxygen atoms in total. The largest absolute Gasteiger partial charge is 0.379 e. The predicted molar refractivity (Wildman–Crippen MR) is 51.1 cm³/mol. The second-order valence-electron chi connectivity index (χ2n) is 3.34. The summed E-state index contributed by atoms with van der Waals surface area (Å²) in [6, 6.07) is 0.372. The quantitative estimate of drug-likeness (QED) is 0.737. The van der Waals surface area contributed by atoms with E-state index in [2.05, 4.69) is 10.2 Å². The van der Waals surface area contributed by atoms with Crippen LogP contribution in [-0.4, -0.2) is 28.0 Å². The summed E-state index contributed by atoms with van der Waals surface area (Å²) in [6.07, 6.45) is 5.50. The van der Waals surface area contributed by atoms with Gasteiger partial charge in [-0.15, -0.1) is 0 Å². The summed E-state index contributed by atoms with van der Waals surface area (Å²) in [4.78, 5) is 0. The number of aromatic nitrogens is 3. The molecule has 1 aromatic rings. The highest BCUT2D eigenvalue weighted by Gasteiger charge is 2.28. The average molecular weight is 199 g/mol. The number of nitrogens with zero attached hydrogens (tertiary/aromatic N) is 2. The van der Waals surface area contributed by atoms with Gasteiger partial charge in [0.1, 0.15) is 6.33 Å². The Balaban J connectivity index is 2.26. The van der Waals surface area contributed by atoms with E-state index in [4.69, 9.17) is 17.0 Å². The SMILES string of the molecule is COC1CCCC1n1cn[nH]c1=S. The number of rotatable bonds is 2. The fraction of sp³-hybridized carbons (Fsp3) is 0.750. The number of nitrogens with one attached hydrogen (secondary N) is 1. The third-order valence-electron chi connectivity index (χ3n) is 2.65. The highest BCUT2D eigenvalue weighted by Crippen LogP contribution is 2.31. The molecule has 1 heterocycles. The van der Waals surface area contributed by atoms with E-state index in [1.165, 1.54) is 6.42 Å². The van der Waals surface area contributed by atoms with Crippen molar-refractivity contribution in [1.29, 1.82) is 0 Å². The van der Waals surface area contributed by atoms with Crippen molar-refractivity contribution in [2.24, 2.45) is 0 Å². The summed E-state index contributed by atoms with van der Waals surface area (Å²) in [6.45, 7) is 0. The molecule has 1 saturated carbocycles. The van der Waals surface area contributed by atoms with Crippen LogP contribution in [0.15, 0.2) is 6.33 Å². The molecule has 1 aliphatic rings. The van der Waals surface area contributed by atoms with Crippen molar-refractivity contribution in [2.45, 2.75) is 31.4 Å². The van der Waals surface area contributed by atoms with Crippen molar-refractivity contribution >= 4 is 12.2 Å². The molecule has 0 spiro atoms. The zero-order valence-electron chi connectivity index (χ0n) is 7.56. The maximum absolute atomic E-state index is 5.39. The normalized spacial score (nSPS) is 28.1. The first kappa shape index (κ1) is 8.90. The smallest absolute Gasteiger partial charge is 0.195 e. The van der Waals surface area contributed by atoms with E-state index in [0.717, 1.165) is 12.8 Å². The Kier molecular flexibility index (Phi) is 2.46. The van der Waals surface area contributed by atoms with Gasteiger partial charge >= 0.3 is 0 Å². The van der Waals surface area contributed by atoms with E-state index in [9.17, 15) is 0 Å². The van der Waals surface area contributed by atoms with E-state index in [-0.39, 0.29) is 0 Å². The molecule has 0 radical (unpaired) electrons. The molecule has 2 unspecified atom stereocenters. The Morgan fingerprint density at radius 2 is 2.54 bits per heavy atom. The van der Waals surface area contributed by atoms with Crippen LogP contribution in [0.4, 0.5) is 0 Å². The lowest BCUT2D eigenvalue weighted by Gasteiger charge is -2.18. The van der Waals surface area contributed by atoms with Crippen LogP contribution in [0.5, 0.6) is 0 Å². The maximum Gasteiger partial charge on any atom is 0.195 e. The molecular weight excluding hydrogens is 186 g/mol. The Hall–Kier alpha value is -0.680. The van der Waals surface area contributed by atoms with Crippen molar-refractivity contribution in [1.82, 2.24) is 14.8 Å². The summed E-state index contributed by atoms with van der Waals surface area (Å²) in [5.74, 6) is 0. The molecule has 0 bridgehead atoms. The van der Waals surface area contributed by atoms with E-state index >= 15 is 0 Å². The molecule has 72 valence electrons. The van der Waals surface area contributed by atoms with Crippen molar-refractivity contribution in [3.63, 3.8) is 0 Å². The number of H-pyrrole nitrogens is 1. The van der Waals surface area contributed by atoms with Crippen molar-refractivity contribution in [3.8, 4) is 0 Å². The Morgan fingerprint density at radius 1 is 1.69 bits per heavy atom. The molecule has 5 heteroatoms. The Labute approximate surface area is 81.9 Å². The van der Waals surface area contributed by atoms with Gasteiger partial charge in [-0.2, -0.15) is 5.10 Å². The number of methoxy groups -OCH3 is 1. The van der Waals surface area contributed by atoms with Crippen molar-refractivity contribution in [2.75, 3.05) is 7.11 Å². The lowest BCUT2D eigenvalue weighted by Crippen LogP contribution is -2.20. The van der Waals surface area contributed by atoms with Crippen LogP contribution >= 0.6 is 12.2 Å². The standard InChI is InChI=1S/C8H13N3OS/c1-12-7-4-2-3-6(7)11-5-9-10-8(11)13/h5-7H,2-4H2,1H3,(H,10,13). The summed E-state index contributed by atoms with van der Waals surface area (Å²) in [5, 5.41) is 6.68. The average Bonchev–Trinajstić information content (AvgIpc) is 2.71. The van der Waals surface area contributed by atoms with Gasteiger partial charge in [0.05, 0.1) is 12.1 Å². The van der Waals surface area contributed by atoms with Crippen LogP contribution in [0, 0.1) is 4.77 Å². The first-order chi connectivity index (χ1) is 6.33. The topological polar surface area (TPSA) is 42.8 Å². The Bertz CT molecular complexity index is 332. The lowest BCUT2D eigenvalue weighted by atomic mass is 10.2. The van der Waals surface area contributed by atoms with Crippen LogP contribution in [0.2, 0.25) is 0 Å². The minimum Gasteiger partial charge on any atom is -0.379 e. The van der Waals surface area contributed by atoms with Gasteiger partial charge in [0.25, 0.3) is 0 Å². The van der Waals surface area contributed by atoms with E-state index in [1.54, 1.807) is 13.4 Å². The van der Waals surface area contributed by atoms with Gasteiger partial charge in [-0.25, -0.2) is 0 Å². The molecular formula is C8H13N3OS. The van der Waals surface area contributed by atoms with Crippen LogP contribution < -0.4 is 0 Å². The van der Waals surface area contributed by atoms with Gasteiger partial charge in [-0.1, -0.05) is 0 Å². The number of hydrogen-bond acceptors (Lipinski definition) is 3. The van der Waals surface area contributed by atoms with Gasteiger partial charge in [-0.3, -0.25) is 5.10 Å². The first-order valence-corrected chi connectivity index (χ1v) is 4.88. The van der Waals surface area contributed by atoms with Gasteiger partial charge in [0.15, 0.2) is 4.77 Å². The zero-order chi connectivity index (χ0) is 9.26. The number of aromatic amines is 1. The summed E-state index contributed by atoms with van der Waals surface area (Å²) >= 11 is 5.11. The highest BCUT2D eigenvalue weighted by molar-refractivity contribution is 7.71.